The Balaban J connectivity index is 2.41. The molecule has 0 radical (unpaired) electrons. The highest BCUT2D eigenvalue weighted by Crippen LogP contribution is 2.34. The fourth-order valence-corrected chi connectivity index (χ4v) is 3.74. The van der Waals surface area contributed by atoms with Gasteiger partial charge in [-0.05, 0) is 24.5 Å². The van der Waals surface area contributed by atoms with E-state index in [4.69, 9.17) is 5.73 Å². The molecule has 76 valence electrons. The molecule has 2 rings (SSSR count). The fourth-order valence-electron chi connectivity index (χ4n) is 1.82. The second kappa shape index (κ2) is 3.24. The number of sulfone groups is 1. The standard InChI is InChI=1S/C9H12N2O2S/c10-8-4-7(5-11-6-8)9-2-1-3-14(9,12)13/h4-6,9H,1-3,10H2. The zero-order valence-corrected chi connectivity index (χ0v) is 8.50. The fraction of sp³-hybridized carbons (Fsp3) is 0.444. The number of nitrogens with zero attached hydrogens (tertiary/aromatic N) is 1. The Hall–Kier alpha value is -1.10. The largest absolute Gasteiger partial charge is 0.397 e. The second-order valence-corrected chi connectivity index (χ2v) is 5.85. The van der Waals surface area contributed by atoms with Gasteiger partial charge in [-0.1, -0.05) is 0 Å². The third-order valence-corrected chi connectivity index (χ3v) is 4.71. The van der Waals surface area contributed by atoms with E-state index < -0.39 is 15.1 Å². The minimum absolute atomic E-state index is 0.284. The smallest absolute Gasteiger partial charge is 0.157 e. The van der Waals surface area contributed by atoms with Gasteiger partial charge in [-0.3, -0.25) is 4.98 Å². The lowest BCUT2D eigenvalue weighted by Crippen LogP contribution is -2.08. The lowest BCUT2D eigenvalue weighted by Gasteiger charge is -2.08. The van der Waals surface area contributed by atoms with E-state index >= 15 is 0 Å². The van der Waals surface area contributed by atoms with Gasteiger partial charge in [-0.2, -0.15) is 0 Å². The number of nitrogens with two attached hydrogens (primary N) is 1. The average Bonchev–Trinajstić information content (AvgIpc) is 2.45. The van der Waals surface area contributed by atoms with Crippen molar-refractivity contribution in [1.82, 2.24) is 4.98 Å². The van der Waals surface area contributed by atoms with Crippen molar-refractivity contribution in [2.45, 2.75) is 18.1 Å². The molecule has 2 N–H and O–H groups in total. The van der Waals surface area contributed by atoms with Crippen LogP contribution in [0.4, 0.5) is 5.69 Å². The van der Waals surface area contributed by atoms with Gasteiger partial charge >= 0.3 is 0 Å². The molecule has 1 unspecified atom stereocenters. The summed E-state index contributed by atoms with van der Waals surface area (Å²) in [5, 5.41) is -0.390. The summed E-state index contributed by atoms with van der Waals surface area (Å²) in [6.45, 7) is 0. The third kappa shape index (κ3) is 1.59. The molecule has 0 aromatic carbocycles. The Morgan fingerprint density at radius 3 is 2.79 bits per heavy atom. The van der Waals surface area contributed by atoms with Gasteiger partial charge in [-0.25, -0.2) is 8.42 Å². The maximum Gasteiger partial charge on any atom is 0.157 e. The van der Waals surface area contributed by atoms with Gasteiger partial charge in [0.1, 0.15) is 0 Å². The molecule has 2 heterocycles. The van der Waals surface area contributed by atoms with Gasteiger partial charge in [0.25, 0.3) is 0 Å². The van der Waals surface area contributed by atoms with Gasteiger partial charge in [0.15, 0.2) is 9.84 Å². The second-order valence-electron chi connectivity index (χ2n) is 3.55. The van der Waals surface area contributed by atoms with E-state index in [0.29, 0.717) is 12.1 Å². The number of anilines is 1. The molecule has 1 aliphatic rings. The zero-order valence-electron chi connectivity index (χ0n) is 7.68. The summed E-state index contributed by atoms with van der Waals surface area (Å²) in [7, 11) is -2.95. The van der Waals surface area contributed by atoms with Crippen LogP contribution in [-0.2, 0) is 9.84 Å². The molecule has 0 amide bonds. The molecule has 0 saturated carbocycles. The SMILES string of the molecule is Nc1cncc(C2CCCS2(=O)=O)c1. The molecule has 1 atom stereocenters. The summed E-state index contributed by atoms with van der Waals surface area (Å²) >= 11 is 0. The van der Waals surface area contributed by atoms with Crippen molar-refractivity contribution in [3.8, 4) is 0 Å². The van der Waals surface area contributed by atoms with Crippen LogP contribution in [0.5, 0.6) is 0 Å². The number of hydrogen-bond donors (Lipinski definition) is 1. The van der Waals surface area contributed by atoms with Crippen LogP contribution in [0.3, 0.4) is 0 Å². The summed E-state index contributed by atoms with van der Waals surface area (Å²) in [6.07, 6.45) is 4.53. The molecular weight excluding hydrogens is 200 g/mol. The summed E-state index contributed by atoms with van der Waals surface area (Å²) in [5.41, 5.74) is 6.80. The predicted molar refractivity (Wildman–Crippen MR) is 54.4 cm³/mol. The predicted octanol–water partition coefficient (Wildman–Crippen LogP) is 0.914. The number of pyridine rings is 1. The van der Waals surface area contributed by atoms with Gasteiger partial charge in [-0.15, -0.1) is 0 Å². The lowest BCUT2D eigenvalue weighted by atomic mass is 10.1. The first-order valence-corrected chi connectivity index (χ1v) is 6.23. The van der Waals surface area contributed by atoms with Crippen LogP contribution in [0.2, 0.25) is 0 Å². The number of hydrogen-bond acceptors (Lipinski definition) is 4. The minimum atomic E-state index is -2.95. The molecule has 0 bridgehead atoms. The van der Waals surface area contributed by atoms with Crippen LogP contribution < -0.4 is 5.73 Å². The molecule has 4 nitrogen and oxygen atoms in total. The highest BCUT2D eigenvalue weighted by Gasteiger charge is 2.32. The zero-order chi connectivity index (χ0) is 10.2. The maximum absolute atomic E-state index is 11.6. The molecule has 1 aromatic rings. The van der Waals surface area contributed by atoms with E-state index in [-0.39, 0.29) is 5.75 Å². The molecular formula is C9H12N2O2S. The van der Waals surface area contributed by atoms with Crippen LogP contribution in [0, 0.1) is 0 Å². The van der Waals surface area contributed by atoms with Crippen LogP contribution in [-0.4, -0.2) is 19.2 Å². The van der Waals surface area contributed by atoms with Gasteiger partial charge in [0, 0.05) is 12.4 Å². The van der Waals surface area contributed by atoms with Crippen LogP contribution in [0.25, 0.3) is 0 Å². The number of nitrogen functional groups attached to an aromatic ring is 1. The molecule has 1 fully saturated rings. The Morgan fingerprint density at radius 2 is 2.21 bits per heavy atom. The average molecular weight is 212 g/mol. The third-order valence-electron chi connectivity index (χ3n) is 2.48. The van der Waals surface area contributed by atoms with Crippen molar-refractivity contribution >= 4 is 15.5 Å². The normalized spacial score (nSPS) is 25.0. The lowest BCUT2D eigenvalue weighted by molar-refractivity contribution is 0.592. The highest BCUT2D eigenvalue weighted by atomic mass is 32.2. The van der Waals surface area contributed by atoms with Crippen molar-refractivity contribution in [2.75, 3.05) is 11.5 Å². The van der Waals surface area contributed by atoms with Crippen LogP contribution in [0.1, 0.15) is 23.7 Å². The number of rotatable bonds is 1. The van der Waals surface area contributed by atoms with Crippen LogP contribution >= 0.6 is 0 Å². The summed E-state index contributed by atoms with van der Waals surface area (Å²) < 4.78 is 23.2. The Morgan fingerprint density at radius 1 is 1.43 bits per heavy atom. The van der Waals surface area contributed by atoms with Crippen molar-refractivity contribution in [3.63, 3.8) is 0 Å². The Labute approximate surface area is 83.1 Å². The maximum atomic E-state index is 11.6. The van der Waals surface area contributed by atoms with Crippen molar-refractivity contribution in [3.05, 3.63) is 24.0 Å². The van der Waals surface area contributed by atoms with E-state index in [2.05, 4.69) is 4.98 Å². The van der Waals surface area contributed by atoms with E-state index in [0.717, 1.165) is 12.0 Å². The minimum Gasteiger partial charge on any atom is -0.397 e. The van der Waals surface area contributed by atoms with Gasteiger partial charge < -0.3 is 5.73 Å². The first kappa shape index (κ1) is 9.45. The molecule has 0 spiro atoms. The highest BCUT2D eigenvalue weighted by molar-refractivity contribution is 7.91. The van der Waals surface area contributed by atoms with E-state index in [1.54, 1.807) is 12.3 Å². The Kier molecular flexibility index (Phi) is 2.19. The Bertz CT molecular complexity index is 442. The first-order valence-electron chi connectivity index (χ1n) is 4.51. The van der Waals surface area contributed by atoms with E-state index in [1.165, 1.54) is 6.20 Å². The molecule has 0 aliphatic carbocycles. The molecule has 1 aromatic heterocycles. The van der Waals surface area contributed by atoms with Crippen molar-refractivity contribution in [2.24, 2.45) is 0 Å². The van der Waals surface area contributed by atoms with Gasteiger partial charge in [0.2, 0.25) is 0 Å². The number of aromatic nitrogens is 1. The van der Waals surface area contributed by atoms with E-state index in [9.17, 15) is 8.42 Å². The molecule has 1 saturated heterocycles. The van der Waals surface area contributed by atoms with Crippen molar-refractivity contribution < 1.29 is 8.42 Å². The van der Waals surface area contributed by atoms with Crippen LogP contribution in [0.15, 0.2) is 18.5 Å². The van der Waals surface area contributed by atoms with Gasteiger partial charge in [0.05, 0.1) is 16.7 Å². The quantitative estimate of drug-likeness (QED) is 0.751. The molecule has 5 heteroatoms. The summed E-state index contributed by atoms with van der Waals surface area (Å²) in [6, 6.07) is 1.69. The monoisotopic (exact) mass is 212 g/mol. The van der Waals surface area contributed by atoms with E-state index in [1.807, 2.05) is 0 Å². The summed E-state index contributed by atoms with van der Waals surface area (Å²) in [5.74, 6) is 0.284. The van der Waals surface area contributed by atoms with Crippen molar-refractivity contribution in [1.29, 1.82) is 0 Å². The summed E-state index contributed by atoms with van der Waals surface area (Å²) in [4.78, 5) is 3.90. The molecule has 14 heavy (non-hydrogen) atoms. The first-order chi connectivity index (χ1) is 6.59. The topological polar surface area (TPSA) is 73.0 Å². The molecule has 1 aliphatic heterocycles.